The lowest BCUT2D eigenvalue weighted by molar-refractivity contribution is 0.152. The maximum Gasteiger partial charge on any atom is 0.255 e. The molecular formula is C14H21ClF2N2O. The number of hydrogen-bond acceptors (Lipinski definition) is 3. The molecule has 114 valence electrons. The van der Waals surface area contributed by atoms with Gasteiger partial charge in [0.15, 0.2) is 0 Å². The number of benzene rings is 1. The Morgan fingerprint density at radius 2 is 2.05 bits per heavy atom. The number of nitrogens with one attached hydrogen (secondary N) is 1. The van der Waals surface area contributed by atoms with Gasteiger partial charge in [-0.2, -0.15) is 0 Å². The standard InChI is InChI=1S/C14H21ClF2N2O/c1-10(2)18-8-11-4-3-5-12(15)14(11)19(6-7-20)9-13(16)17/h3-5,10,13,18,20H,6-9H2,1-2H3. The molecule has 1 aromatic rings. The third-order valence-corrected chi connectivity index (χ3v) is 3.12. The van der Waals surface area contributed by atoms with Crippen molar-refractivity contribution < 1.29 is 13.9 Å². The zero-order valence-corrected chi connectivity index (χ0v) is 12.5. The Morgan fingerprint density at radius 1 is 1.35 bits per heavy atom. The van der Waals surface area contributed by atoms with E-state index >= 15 is 0 Å². The van der Waals surface area contributed by atoms with E-state index in [2.05, 4.69) is 5.32 Å². The third-order valence-electron chi connectivity index (χ3n) is 2.82. The van der Waals surface area contributed by atoms with Crippen LogP contribution in [0.1, 0.15) is 19.4 Å². The molecule has 0 aliphatic rings. The van der Waals surface area contributed by atoms with E-state index in [4.69, 9.17) is 16.7 Å². The van der Waals surface area contributed by atoms with Crippen molar-refractivity contribution >= 4 is 17.3 Å². The number of aliphatic hydroxyl groups is 1. The summed E-state index contributed by atoms with van der Waals surface area (Å²) in [7, 11) is 0. The fourth-order valence-corrected chi connectivity index (χ4v) is 2.27. The van der Waals surface area contributed by atoms with Crippen molar-refractivity contribution in [2.24, 2.45) is 0 Å². The van der Waals surface area contributed by atoms with Gasteiger partial charge in [-0.1, -0.05) is 37.6 Å². The second kappa shape index (κ2) is 8.39. The summed E-state index contributed by atoms with van der Waals surface area (Å²) in [4.78, 5) is 1.43. The van der Waals surface area contributed by atoms with E-state index in [1.54, 1.807) is 12.1 Å². The molecule has 1 aromatic carbocycles. The van der Waals surface area contributed by atoms with Crippen molar-refractivity contribution in [3.05, 3.63) is 28.8 Å². The summed E-state index contributed by atoms with van der Waals surface area (Å²) in [5, 5.41) is 12.7. The van der Waals surface area contributed by atoms with Crippen LogP contribution >= 0.6 is 11.6 Å². The van der Waals surface area contributed by atoms with Gasteiger partial charge in [-0.05, 0) is 11.6 Å². The van der Waals surface area contributed by atoms with Crippen LogP contribution in [0, 0.1) is 0 Å². The highest BCUT2D eigenvalue weighted by atomic mass is 35.5. The summed E-state index contributed by atoms with van der Waals surface area (Å²) in [6.07, 6.45) is -2.48. The van der Waals surface area contributed by atoms with E-state index in [-0.39, 0.29) is 19.2 Å². The molecule has 1 rings (SSSR count). The topological polar surface area (TPSA) is 35.5 Å². The van der Waals surface area contributed by atoms with Crippen LogP contribution in [0.4, 0.5) is 14.5 Å². The number of para-hydroxylation sites is 1. The molecule has 0 aromatic heterocycles. The first-order valence-corrected chi connectivity index (χ1v) is 6.98. The van der Waals surface area contributed by atoms with Crippen molar-refractivity contribution in [3.8, 4) is 0 Å². The first kappa shape index (κ1) is 17.1. The highest BCUT2D eigenvalue weighted by Gasteiger charge is 2.18. The summed E-state index contributed by atoms with van der Waals surface area (Å²) in [5.74, 6) is 0. The molecule has 0 heterocycles. The van der Waals surface area contributed by atoms with Gasteiger partial charge in [0.25, 0.3) is 6.43 Å². The highest BCUT2D eigenvalue weighted by molar-refractivity contribution is 6.33. The third kappa shape index (κ3) is 5.23. The molecule has 20 heavy (non-hydrogen) atoms. The van der Waals surface area contributed by atoms with Crippen molar-refractivity contribution in [1.29, 1.82) is 0 Å². The lowest BCUT2D eigenvalue weighted by Crippen LogP contribution is -2.33. The van der Waals surface area contributed by atoms with E-state index in [1.165, 1.54) is 4.90 Å². The number of aliphatic hydroxyl groups excluding tert-OH is 1. The molecule has 0 bridgehead atoms. The molecule has 0 fully saturated rings. The van der Waals surface area contributed by atoms with Crippen LogP contribution in [-0.2, 0) is 6.54 Å². The average molecular weight is 307 g/mol. The van der Waals surface area contributed by atoms with Crippen molar-refractivity contribution in [2.75, 3.05) is 24.6 Å². The van der Waals surface area contributed by atoms with Gasteiger partial charge in [0.05, 0.1) is 23.9 Å². The first-order chi connectivity index (χ1) is 9.45. The SMILES string of the molecule is CC(C)NCc1cccc(Cl)c1N(CCO)CC(F)F. The van der Waals surface area contributed by atoms with Crippen molar-refractivity contribution in [3.63, 3.8) is 0 Å². The van der Waals surface area contributed by atoms with E-state index in [1.807, 2.05) is 19.9 Å². The number of nitrogens with zero attached hydrogens (tertiary/aromatic N) is 1. The van der Waals surface area contributed by atoms with Crippen LogP contribution in [0.15, 0.2) is 18.2 Å². The van der Waals surface area contributed by atoms with Crippen LogP contribution in [-0.4, -0.2) is 37.3 Å². The minimum atomic E-state index is -2.48. The van der Waals surface area contributed by atoms with Gasteiger partial charge in [0.1, 0.15) is 0 Å². The molecule has 0 saturated carbocycles. The Labute approximate surface area is 123 Å². The Hall–Kier alpha value is -0.910. The lowest BCUT2D eigenvalue weighted by atomic mass is 10.1. The van der Waals surface area contributed by atoms with E-state index in [9.17, 15) is 8.78 Å². The summed E-state index contributed by atoms with van der Waals surface area (Å²) in [6, 6.07) is 5.60. The summed E-state index contributed by atoms with van der Waals surface area (Å²) in [5.41, 5.74) is 1.41. The molecule has 0 aliphatic heterocycles. The molecule has 3 nitrogen and oxygen atoms in total. The van der Waals surface area contributed by atoms with Gasteiger partial charge in [0, 0.05) is 19.1 Å². The quantitative estimate of drug-likeness (QED) is 0.775. The van der Waals surface area contributed by atoms with Crippen LogP contribution in [0.3, 0.4) is 0 Å². The molecule has 0 spiro atoms. The van der Waals surface area contributed by atoms with E-state index in [0.717, 1.165) is 5.56 Å². The van der Waals surface area contributed by atoms with Gasteiger partial charge in [-0.25, -0.2) is 8.78 Å². The fourth-order valence-electron chi connectivity index (χ4n) is 1.95. The summed E-state index contributed by atoms with van der Waals surface area (Å²) in [6.45, 7) is 4.04. The number of rotatable bonds is 8. The number of anilines is 1. The number of alkyl halides is 2. The minimum absolute atomic E-state index is 0.128. The Kier molecular flexibility index (Phi) is 7.19. The van der Waals surface area contributed by atoms with Crippen LogP contribution in [0.25, 0.3) is 0 Å². The largest absolute Gasteiger partial charge is 0.395 e. The maximum atomic E-state index is 12.7. The second-order valence-corrected chi connectivity index (χ2v) is 5.25. The van der Waals surface area contributed by atoms with Crippen LogP contribution in [0.2, 0.25) is 5.02 Å². The zero-order valence-electron chi connectivity index (χ0n) is 11.7. The Morgan fingerprint density at radius 3 is 2.60 bits per heavy atom. The van der Waals surface area contributed by atoms with Crippen molar-refractivity contribution in [2.45, 2.75) is 32.9 Å². The average Bonchev–Trinajstić information content (AvgIpc) is 2.35. The Bertz CT molecular complexity index is 416. The molecule has 6 heteroatoms. The van der Waals surface area contributed by atoms with E-state index in [0.29, 0.717) is 17.3 Å². The van der Waals surface area contributed by atoms with Crippen LogP contribution in [0.5, 0.6) is 0 Å². The van der Waals surface area contributed by atoms with Crippen molar-refractivity contribution in [1.82, 2.24) is 5.32 Å². The fraction of sp³-hybridized carbons (Fsp3) is 0.571. The maximum absolute atomic E-state index is 12.7. The lowest BCUT2D eigenvalue weighted by Gasteiger charge is -2.27. The molecule has 0 unspecified atom stereocenters. The monoisotopic (exact) mass is 306 g/mol. The summed E-state index contributed by atoms with van der Waals surface area (Å²) >= 11 is 6.16. The van der Waals surface area contributed by atoms with Gasteiger partial charge >= 0.3 is 0 Å². The van der Waals surface area contributed by atoms with Gasteiger partial charge < -0.3 is 15.3 Å². The predicted molar refractivity (Wildman–Crippen MR) is 78.7 cm³/mol. The normalized spacial score (nSPS) is 11.4. The minimum Gasteiger partial charge on any atom is -0.395 e. The Balaban J connectivity index is 3.03. The summed E-state index contributed by atoms with van der Waals surface area (Å²) < 4.78 is 25.4. The number of halogens is 3. The van der Waals surface area contributed by atoms with Gasteiger partial charge in [-0.3, -0.25) is 0 Å². The molecule has 0 radical (unpaired) electrons. The zero-order chi connectivity index (χ0) is 15.1. The highest BCUT2D eigenvalue weighted by Crippen LogP contribution is 2.30. The first-order valence-electron chi connectivity index (χ1n) is 6.60. The van der Waals surface area contributed by atoms with E-state index < -0.39 is 13.0 Å². The second-order valence-electron chi connectivity index (χ2n) is 4.84. The van der Waals surface area contributed by atoms with Crippen LogP contribution < -0.4 is 10.2 Å². The molecule has 0 saturated heterocycles. The molecule has 2 N–H and O–H groups in total. The molecular weight excluding hydrogens is 286 g/mol. The molecule has 0 aliphatic carbocycles. The van der Waals surface area contributed by atoms with Gasteiger partial charge in [-0.15, -0.1) is 0 Å². The number of hydrogen-bond donors (Lipinski definition) is 2. The smallest absolute Gasteiger partial charge is 0.255 e. The molecule has 0 atom stereocenters. The predicted octanol–water partition coefficient (Wildman–Crippen LogP) is 2.90. The van der Waals surface area contributed by atoms with Gasteiger partial charge in [0.2, 0.25) is 0 Å². The molecule has 0 amide bonds.